The SMILES string of the molecule is Clc1cccc2[nH]cc(C(c3cccnc3)N3CCCC3)c12. The summed E-state index contributed by atoms with van der Waals surface area (Å²) in [5.41, 5.74) is 3.57. The van der Waals surface area contributed by atoms with Crippen molar-refractivity contribution in [2.75, 3.05) is 13.1 Å². The Kier molecular flexibility index (Phi) is 3.60. The molecule has 3 aromatic rings. The minimum Gasteiger partial charge on any atom is -0.361 e. The number of aromatic nitrogens is 2. The van der Waals surface area contributed by atoms with Gasteiger partial charge in [-0.25, -0.2) is 0 Å². The van der Waals surface area contributed by atoms with Crippen LogP contribution in [0.4, 0.5) is 0 Å². The molecule has 0 bridgehead atoms. The highest BCUT2D eigenvalue weighted by Crippen LogP contribution is 2.37. The first-order valence-corrected chi connectivity index (χ1v) is 8.12. The zero-order valence-electron chi connectivity index (χ0n) is 12.3. The molecule has 1 fully saturated rings. The van der Waals surface area contributed by atoms with E-state index in [1.165, 1.54) is 24.0 Å². The molecule has 4 rings (SSSR count). The second kappa shape index (κ2) is 5.75. The average molecular weight is 312 g/mol. The van der Waals surface area contributed by atoms with Gasteiger partial charge in [0.05, 0.1) is 11.1 Å². The molecule has 4 heteroatoms. The van der Waals surface area contributed by atoms with Crippen LogP contribution in [0, 0.1) is 0 Å². The normalized spacial score (nSPS) is 17.1. The van der Waals surface area contributed by atoms with E-state index in [2.05, 4.69) is 33.2 Å². The Morgan fingerprint density at radius 1 is 1.14 bits per heavy atom. The van der Waals surface area contributed by atoms with Crippen LogP contribution in [0.3, 0.4) is 0 Å². The van der Waals surface area contributed by atoms with E-state index in [-0.39, 0.29) is 6.04 Å². The number of H-pyrrole nitrogens is 1. The number of aromatic amines is 1. The van der Waals surface area contributed by atoms with Crippen molar-refractivity contribution < 1.29 is 0 Å². The Morgan fingerprint density at radius 2 is 2.00 bits per heavy atom. The summed E-state index contributed by atoms with van der Waals surface area (Å²) < 4.78 is 0. The van der Waals surface area contributed by atoms with Gasteiger partial charge < -0.3 is 4.98 Å². The molecule has 1 atom stereocenters. The third-order valence-corrected chi connectivity index (χ3v) is 4.80. The number of nitrogens with zero attached hydrogens (tertiary/aromatic N) is 2. The zero-order chi connectivity index (χ0) is 14.9. The summed E-state index contributed by atoms with van der Waals surface area (Å²) in [5.74, 6) is 0. The molecule has 1 aliphatic rings. The molecule has 0 saturated carbocycles. The molecule has 1 saturated heterocycles. The number of hydrogen-bond donors (Lipinski definition) is 1. The van der Waals surface area contributed by atoms with Gasteiger partial charge in [-0.2, -0.15) is 0 Å². The maximum atomic E-state index is 6.49. The number of benzene rings is 1. The summed E-state index contributed by atoms with van der Waals surface area (Å²) in [6.45, 7) is 2.24. The number of likely N-dealkylation sites (tertiary alicyclic amines) is 1. The van der Waals surface area contributed by atoms with E-state index in [1.807, 2.05) is 30.6 Å². The van der Waals surface area contributed by atoms with Crippen LogP contribution in [-0.2, 0) is 0 Å². The van der Waals surface area contributed by atoms with Gasteiger partial charge in [0.15, 0.2) is 0 Å². The van der Waals surface area contributed by atoms with Gasteiger partial charge in [0, 0.05) is 35.1 Å². The monoisotopic (exact) mass is 311 g/mol. The molecular weight excluding hydrogens is 294 g/mol. The van der Waals surface area contributed by atoms with Crippen LogP contribution in [0.2, 0.25) is 5.02 Å². The van der Waals surface area contributed by atoms with Crippen molar-refractivity contribution in [3.63, 3.8) is 0 Å². The van der Waals surface area contributed by atoms with Crippen LogP contribution in [-0.4, -0.2) is 28.0 Å². The van der Waals surface area contributed by atoms with Crippen molar-refractivity contribution in [2.24, 2.45) is 0 Å². The predicted octanol–water partition coefficient (Wildman–Crippen LogP) is 4.40. The maximum Gasteiger partial charge on any atom is 0.0638 e. The molecule has 2 aromatic heterocycles. The number of pyridine rings is 1. The second-order valence-corrected chi connectivity index (χ2v) is 6.25. The first kappa shape index (κ1) is 13.8. The molecule has 3 heterocycles. The van der Waals surface area contributed by atoms with Crippen LogP contribution < -0.4 is 0 Å². The number of hydrogen-bond acceptors (Lipinski definition) is 2. The first-order valence-electron chi connectivity index (χ1n) is 7.74. The molecule has 3 nitrogen and oxygen atoms in total. The highest BCUT2D eigenvalue weighted by atomic mass is 35.5. The molecule has 0 aliphatic carbocycles. The van der Waals surface area contributed by atoms with Gasteiger partial charge in [-0.15, -0.1) is 0 Å². The van der Waals surface area contributed by atoms with Gasteiger partial charge in [0.2, 0.25) is 0 Å². The largest absolute Gasteiger partial charge is 0.361 e. The van der Waals surface area contributed by atoms with E-state index in [0.29, 0.717) is 0 Å². The summed E-state index contributed by atoms with van der Waals surface area (Å²) in [4.78, 5) is 10.2. The molecule has 22 heavy (non-hydrogen) atoms. The van der Waals surface area contributed by atoms with Crippen molar-refractivity contribution in [2.45, 2.75) is 18.9 Å². The lowest BCUT2D eigenvalue weighted by Crippen LogP contribution is -2.26. The van der Waals surface area contributed by atoms with Crippen LogP contribution in [0.15, 0.2) is 48.9 Å². The third kappa shape index (κ3) is 2.31. The average Bonchev–Trinajstić information content (AvgIpc) is 3.20. The highest BCUT2D eigenvalue weighted by Gasteiger charge is 2.27. The summed E-state index contributed by atoms with van der Waals surface area (Å²) in [5, 5.41) is 1.94. The van der Waals surface area contributed by atoms with Crippen molar-refractivity contribution in [1.82, 2.24) is 14.9 Å². The van der Waals surface area contributed by atoms with Gasteiger partial charge in [-0.05, 0) is 49.7 Å². The lowest BCUT2D eigenvalue weighted by atomic mass is 9.98. The van der Waals surface area contributed by atoms with Crippen molar-refractivity contribution >= 4 is 22.5 Å². The minimum atomic E-state index is 0.213. The van der Waals surface area contributed by atoms with E-state index >= 15 is 0 Å². The molecule has 1 aliphatic heterocycles. The minimum absolute atomic E-state index is 0.213. The zero-order valence-corrected chi connectivity index (χ0v) is 13.1. The number of halogens is 1. The molecule has 0 radical (unpaired) electrons. The molecule has 1 unspecified atom stereocenters. The lowest BCUT2D eigenvalue weighted by molar-refractivity contribution is 0.282. The molecule has 112 valence electrons. The summed E-state index contributed by atoms with van der Waals surface area (Å²) in [6.07, 6.45) is 8.41. The second-order valence-electron chi connectivity index (χ2n) is 5.84. The molecule has 1 aromatic carbocycles. The smallest absolute Gasteiger partial charge is 0.0638 e. The third-order valence-electron chi connectivity index (χ3n) is 4.49. The van der Waals surface area contributed by atoms with E-state index in [9.17, 15) is 0 Å². The summed E-state index contributed by atoms with van der Waals surface area (Å²) in [6, 6.07) is 10.4. The van der Waals surface area contributed by atoms with E-state index in [0.717, 1.165) is 29.0 Å². The Balaban J connectivity index is 1.89. The fraction of sp³-hybridized carbons (Fsp3) is 0.278. The Labute approximate surface area is 134 Å². The molecule has 0 amide bonds. The fourth-order valence-corrected chi connectivity index (χ4v) is 3.79. The number of rotatable bonds is 3. The van der Waals surface area contributed by atoms with Gasteiger partial charge in [-0.1, -0.05) is 23.7 Å². The van der Waals surface area contributed by atoms with Crippen molar-refractivity contribution in [1.29, 1.82) is 0 Å². The van der Waals surface area contributed by atoms with Crippen molar-refractivity contribution in [3.05, 3.63) is 65.1 Å². The summed E-state index contributed by atoms with van der Waals surface area (Å²) >= 11 is 6.49. The summed E-state index contributed by atoms with van der Waals surface area (Å²) in [7, 11) is 0. The van der Waals surface area contributed by atoms with Gasteiger partial charge in [0.25, 0.3) is 0 Å². The lowest BCUT2D eigenvalue weighted by Gasteiger charge is -2.27. The molecule has 0 spiro atoms. The topological polar surface area (TPSA) is 31.9 Å². The predicted molar refractivity (Wildman–Crippen MR) is 90.2 cm³/mol. The molecule has 1 N–H and O–H groups in total. The Morgan fingerprint density at radius 3 is 2.77 bits per heavy atom. The quantitative estimate of drug-likeness (QED) is 0.777. The van der Waals surface area contributed by atoms with E-state index in [4.69, 9.17) is 11.6 Å². The van der Waals surface area contributed by atoms with Gasteiger partial charge >= 0.3 is 0 Å². The molecular formula is C18H18ClN3. The number of nitrogens with one attached hydrogen (secondary N) is 1. The Bertz CT molecular complexity index is 775. The number of fused-ring (bicyclic) bond motifs is 1. The fourth-order valence-electron chi connectivity index (χ4n) is 3.51. The van der Waals surface area contributed by atoms with Crippen LogP contribution in [0.25, 0.3) is 10.9 Å². The van der Waals surface area contributed by atoms with Crippen molar-refractivity contribution in [3.8, 4) is 0 Å². The van der Waals surface area contributed by atoms with Gasteiger partial charge in [-0.3, -0.25) is 9.88 Å². The standard InChI is InChI=1S/C18H18ClN3/c19-15-6-3-7-16-17(15)14(12-21-16)18(22-9-1-2-10-22)13-5-4-8-20-11-13/h3-8,11-12,18,21H,1-2,9-10H2. The highest BCUT2D eigenvalue weighted by molar-refractivity contribution is 6.35. The van der Waals surface area contributed by atoms with Crippen LogP contribution in [0.1, 0.15) is 30.0 Å². The maximum absolute atomic E-state index is 6.49. The van der Waals surface area contributed by atoms with E-state index in [1.54, 1.807) is 0 Å². The van der Waals surface area contributed by atoms with E-state index < -0.39 is 0 Å². The Hall–Kier alpha value is -1.84. The first-order chi connectivity index (χ1) is 10.8. The van der Waals surface area contributed by atoms with Crippen LogP contribution >= 0.6 is 11.6 Å². The van der Waals surface area contributed by atoms with Gasteiger partial charge in [0.1, 0.15) is 0 Å². The van der Waals surface area contributed by atoms with Crippen LogP contribution in [0.5, 0.6) is 0 Å².